The lowest BCUT2D eigenvalue weighted by Crippen LogP contribution is -2.09. The number of furan rings is 1. The lowest BCUT2D eigenvalue weighted by Gasteiger charge is -2.26. The first-order valence-electron chi connectivity index (χ1n) is 16.5. The molecule has 0 saturated carbocycles. The molecule has 4 heteroatoms. The monoisotopic (exact) mass is 627 g/mol. The Morgan fingerprint density at radius 2 is 1.06 bits per heavy atom. The Morgan fingerprint density at radius 3 is 1.88 bits per heavy atom. The number of fused-ring (bicyclic) bond motifs is 8. The van der Waals surface area contributed by atoms with Crippen molar-refractivity contribution >= 4 is 71.7 Å². The van der Waals surface area contributed by atoms with Gasteiger partial charge in [0.25, 0.3) is 0 Å². The highest BCUT2D eigenvalue weighted by Gasteiger charge is 2.19. The van der Waals surface area contributed by atoms with Crippen LogP contribution in [-0.4, -0.2) is 9.55 Å². The van der Waals surface area contributed by atoms with Crippen molar-refractivity contribution in [3.63, 3.8) is 0 Å². The Bertz CT molecular complexity index is 2820. The fourth-order valence-electron chi connectivity index (χ4n) is 7.32. The summed E-state index contributed by atoms with van der Waals surface area (Å²) in [4.78, 5) is 7.12. The number of hydrogen-bond donors (Lipinski definition) is 0. The van der Waals surface area contributed by atoms with Crippen LogP contribution in [0.3, 0.4) is 0 Å². The molecule has 10 rings (SSSR count). The molecule has 0 bridgehead atoms. The smallest absolute Gasteiger partial charge is 0.146 e. The van der Waals surface area contributed by atoms with Gasteiger partial charge in [0, 0.05) is 55.9 Å². The number of pyridine rings is 1. The van der Waals surface area contributed by atoms with Crippen molar-refractivity contribution in [2.24, 2.45) is 0 Å². The van der Waals surface area contributed by atoms with E-state index in [2.05, 4.69) is 161 Å². The third-order valence-corrected chi connectivity index (χ3v) is 9.61. The summed E-state index contributed by atoms with van der Waals surface area (Å²) in [6, 6.07) is 60.1. The molecule has 0 radical (unpaired) electrons. The summed E-state index contributed by atoms with van der Waals surface area (Å²) in [6.07, 6.45) is 1.94. The van der Waals surface area contributed by atoms with Gasteiger partial charge < -0.3 is 13.9 Å². The van der Waals surface area contributed by atoms with Gasteiger partial charge in [-0.25, -0.2) is 0 Å². The summed E-state index contributed by atoms with van der Waals surface area (Å²) in [7, 11) is 0. The molecule has 0 aliphatic rings. The maximum atomic E-state index is 6.47. The van der Waals surface area contributed by atoms with E-state index < -0.39 is 0 Å². The van der Waals surface area contributed by atoms with Gasteiger partial charge in [-0.05, 0) is 90.0 Å². The quantitative estimate of drug-likeness (QED) is 0.190. The third kappa shape index (κ3) is 4.42. The van der Waals surface area contributed by atoms with Gasteiger partial charge in [-0.15, -0.1) is 0 Å². The standard InChI is InChI=1S/C45H29N3O/c1-3-11-30(12-4-1)31-19-21-33(22-20-31)47(35-24-26-44-39(28-35)40-29-46-41-17-9-7-16-37(41)45(40)49-44)34-23-25-43-38(27-34)36-15-8-10-18-42(36)48(43)32-13-5-2-6-14-32/h1-29H. The predicted octanol–water partition coefficient (Wildman–Crippen LogP) is 12.4. The van der Waals surface area contributed by atoms with Crippen LogP contribution in [-0.2, 0) is 0 Å². The number of rotatable bonds is 5. The highest BCUT2D eigenvalue weighted by atomic mass is 16.3. The molecule has 0 fully saturated rings. The van der Waals surface area contributed by atoms with E-state index in [1.165, 1.54) is 32.9 Å². The summed E-state index contributed by atoms with van der Waals surface area (Å²) >= 11 is 0. The molecule has 49 heavy (non-hydrogen) atoms. The molecule has 0 saturated heterocycles. The number of anilines is 3. The first-order valence-corrected chi connectivity index (χ1v) is 16.5. The molecule has 0 aliphatic carbocycles. The van der Waals surface area contributed by atoms with E-state index in [0.717, 1.165) is 55.6 Å². The van der Waals surface area contributed by atoms with Crippen LogP contribution >= 0.6 is 0 Å². The first kappa shape index (κ1) is 27.5. The van der Waals surface area contributed by atoms with Gasteiger partial charge in [-0.3, -0.25) is 4.98 Å². The van der Waals surface area contributed by atoms with Crippen LogP contribution < -0.4 is 4.90 Å². The number of benzene rings is 7. The molecule has 3 heterocycles. The molecule has 0 unspecified atom stereocenters. The Hall–Kier alpha value is -6.65. The highest BCUT2D eigenvalue weighted by molar-refractivity contribution is 6.15. The summed E-state index contributed by atoms with van der Waals surface area (Å²) in [5, 5.41) is 5.49. The Morgan fingerprint density at radius 1 is 0.449 bits per heavy atom. The Labute approximate surface area is 282 Å². The zero-order chi connectivity index (χ0) is 32.3. The van der Waals surface area contributed by atoms with Gasteiger partial charge in [0.1, 0.15) is 11.2 Å². The zero-order valence-corrected chi connectivity index (χ0v) is 26.5. The second-order valence-corrected chi connectivity index (χ2v) is 12.4. The lowest BCUT2D eigenvalue weighted by molar-refractivity contribution is 0.672. The normalized spacial score (nSPS) is 11.7. The van der Waals surface area contributed by atoms with Crippen molar-refractivity contribution in [2.75, 3.05) is 4.90 Å². The average Bonchev–Trinajstić information content (AvgIpc) is 3.71. The molecular formula is C45H29N3O. The van der Waals surface area contributed by atoms with Crippen LogP contribution in [0.5, 0.6) is 0 Å². The van der Waals surface area contributed by atoms with Gasteiger partial charge >= 0.3 is 0 Å². The van der Waals surface area contributed by atoms with Crippen molar-refractivity contribution in [1.29, 1.82) is 0 Å². The molecule has 0 amide bonds. The van der Waals surface area contributed by atoms with Crippen molar-refractivity contribution in [3.05, 3.63) is 176 Å². The predicted molar refractivity (Wildman–Crippen MR) is 203 cm³/mol. The minimum Gasteiger partial charge on any atom is -0.455 e. The van der Waals surface area contributed by atoms with Gasteiger partial charge in [0.2, 0.25) is 0 Å². The second kappa shape index (κ2) is 11.0. The fourth-order valence-corrected chi connectivity index (χ4v) is 7.32. The number of para-hydroxylation sites is 3. The summed E-state index contributed by atoms with van der Waals surface area (Å²) in [6.45, 7) is 0. The van der Waals surface area contributed by atoms with Crippen LogP contribution in [0.2, 0.25) is 0 Å². The van der Waals surface area contributed by atoms with E-state index in [1.54, 1.807) is 0 Å². The molecule has 0 atom stereocenters. The van der Waals surface area contributed by atoms with Crippen LogP contribution in [0.25, 0.3) is 71.5 Å². The first-order chi connectivity index (χ1) is 24.3. The highest BCUT2D eigenvalue weighted by Crippen LogP contribution is 2.42. The van der Waals surface area contributed by atoms with Gasteiger partial charge in [-0.1, -0.05) is 91.0 Å². The Balaban J connectivity index is 1.19. The van der Waals surface area contributed by atoms with E-state index in [9.17, 15) is 0 Å². The van der Waals surface area contributed by atoms with E-state index in [1.807, 2.05) is 24.4 Å². The molecule has 7 aromatic carbocycles. The van der Waals surface area contributed by atoms with Crippen LogP contribution in [0.4, 0.5) is 17.1 Å². The van der Waals surface area contributed by atoms with Crippen LogP contribution in [0.15, 0.2) is 180 Å². The second-order valence-electron chi connectivity index (χ2n) is 12.4. The minimum atomic E-state index is 0.845. The molecule has 0 spiro atoms. The topological polar surface area (TPSA) is 34.2 Å². The maximum absolute atomic E-state index is 6.47. The molecule has 10 aromatic rings. The molecule has 0 N–H and O–H groups in total. The number of aromatic nitrogens is 2. The zero-order valence-electron chi connectivity index (χ0n) is 26.5. The summed E-state index contributed by atoms with van der Waals surface area (Å²) in [5.41, 5.74) is 11.7. The van der Waals surface area contributed by atoms with Gasteiger partial charge in [-0.2, -0.15) is 0 Å². The van der Waals surface area contributed by atoms with Crippen molar-refractivity contribution in [2.45, 2.75) is 0 Å². The van der Waals surface area contributed by atoms with Crippen molar-refractivity contribution in [1.82, 2.24) is 9.55 Å². The molecule has 3 aromatic heterocycles. The largest absolute Gasteiger partial charge is 0.455 e. The SMILES string of the molecule is c1ccc(-c2ccc(N(c3ccc4oc5c6ccccc6ncc5c4c3)c3ccc4c(c3)c3ccccc3n4-c3ccccc3)cc2)cc1. The van der Waals surface area contributed by atoms with Crippen LogP contribution in [0.1, 0.15) is 0 Å². The van der Waals surface area contributed by atoms with Gasteiger partial charge in [0.15, 0.2) is 0 Å². The Kier molecular flexibility index (Phi) is 6.15. The minimum absolute atomic E-state index is 0.845. The molecule has 230 valence electrons. The third-order valence-electron chi connectivity index (χ3n) is 9.61. The molecular weight excluding hydrogens is 599 g/mol. The van der Waals surface area contributed by atoms with E-state index >= 15 is 0 Å². The summed E-state index contributed by atoms with van der Waals surface area (Å²) in [5.74, 6) is 0. The van der Waals surface area contributed by atoms with E-state index in [0.29, 0.717) is 0 Å². The van der Waals surface area contributed by atoms with E-state index in [4.69, 9.17) is 9.40 Å². The van der Waals surface area contributed by atoms with Gasteiger partial charge in [0.05, 0.1) is 16.6 Å². The van der Waals surface area contributed by atoms with Crippen molar-refractivity contribution < 1.29 is 4.42 Å². The van der Waals surface area contributed by atoms with Crippen LogP contribution in [0, 0.1) is 0 Å². The van der Waals surface area contributed by atoms with E-state index in [-0.39, 0.29) is 0 Å². The number of nitrogens with zero attached hydrogens (tertiary/aromatic N) is 3. The maximum Gasteiger partial charge on any atom is 0.146 e. The van der Waals surface area contributed by atoms with Crippen molar-refractivity contribution in [3.8, 4) is 16.8 Å². The molecule has 0 aliphatic heterocycles. The fraction of sp³-hybridized carbons (Fsp3) is 0. The lowest BCUT2D eigenvalue weighted by atomic mass is 10.0. The number of hydrogen-bond acceptors (Lipinski definition) is 3. The molecule has 4 nitrogen and oxygen atoms in total. The average molecular weight is 628 g/mol. The summed E-state index contributed by atoms with van der Waals surface area (Å²) < 4.78 is 8.82.